The van der Waals surface area contributed by atoms with Gasteiger partial charge >= 0.3 is 0 Å². The predicted molar refractivity (Wildman–Crippen MR) is 61.6 cm³/mol. The summed E-state index contributed by atoms with van der Waals surface area (Å²) in [6.07, 6.45) is 2.78. The van der Waals surface area contributed by atoms with E-state index in [1.165, 1.54) is 12.3 Å². The Morgan fingerprint density at radius 1 is 1.31 bits per heavy atom. The van der Waals surface area contributed by atoms with Gasteiger partial charge in [0.25, 0.3) is 0 Å². The average Bonchev–Trinajstić information content (AvgIpc) is 2.30. The molecule has 16 heavy (non-hydrogen) atoms. The molecule has 0 atom stereocenters. The van der Waals surface area contributed by atoms with Gasteiger partial charge in [-0.05, 0) is 25.1 Å². The van der Waals surface area contributed by atoms with Crippen LogP contribution in [0.2, 0.25) is 0 Å². The second kappa shape index (κ2) is 4.70. The fourth-order valence-corrected chi connectivity index (χ4v) is 1.43. The fourth-order valence-electron chi connectivity index (χ4n) is 1.43. The molecule has 0 radical (unpaired) electrons. The number of pyridine rings is 2. The van der Waals surface area contributed by atoms with E-state index in [0.29, 0.717) is 11.3 Å². The summed E-state index contributed by atoms with van der Waals surface area (Å²) in [4.78, 5) is 8.16. The van der Waals surface area contributed by atoms with E-state index in [1.807, 2.05) is 25.1 Å². The zero-order valence-corrected chi connectivity index (χ0v) is 8.94. The van der Waals surface area contributed by atoms with Crippen LogP contribution in [0.1, 0.15) is 6.92 Å². The number of halogens is 1. The van der Waals surface area contributed by atoms with Crippen molar-refractivity contribution in [3.05, 3.63) is 42.5 Å². The van der Waals surface area contributed by atoms with E-state index in [-0.39, 0.29) is 5.82 Å². The lowest BCUT2D eigenvalue weighted by atomic mass is 10.2. The standard InChI is InChI=1S/C12H12FN3/c1-2-15-12-5-3-4-11(16-12)9-6-10(13)8-14-7-9/h3-8H,2H2,1H3,(H,15,16). The fraction of sp³-hybridized carbons (Fsp3) is 0.167. The van der Waals surface area contributed by atoms with Crippen LogP contribution in [0.25, 0.3) is 11.3 Å². The molecule has 2 aromatic heterocycles. The Morgan fingerprint density at radius 3 is 2.94 bits per heavy atom. The van der Waals surface area contributed by atoms with E-state index in [9.17, 15) is 4.39 Å². The number of nitrogens with zero attached hydrogens (tertiary/aromatic N) is 2. The Bertz CT molecular complexity index is 485. The molecule has 2 aromatic rings. The molecule has 0 amide bonds. The van der Waals surface area contributed by atoms with Gasteiger partial charge in [-0.2, -0.15) is 0 Å². The highest BCUT2D eigenvalue weighted by atomic mass is 19.1. The average molecular weight is 217 g/mol. The highest BCUT2D eigenvalue weighted by Crippen LogP contribution is 2.18. The third kappa shape index (κ3) is 2.34. The summed E-state index contributed by atoms with van der Waals surface area (Å²) in [7, 11) is 0. The minimum absolute atomic E-state index is 0.354. The Labute approximate surface area is 93.4 Å². The molecule has 0 aliphatic carbocycles. The Kier molecular flexibility index (Phi) is 3.10. The molecule has 0 saturated carbocycles. The van der Waals surface area contributed by atoms with Gasteiger partial charge in [0, 0.05) is 18.3 Å². The summed E-state index contributed by atoms with van der Waals surface area (Å²) in [5.41, 5.74) is 1.39. The normalized spacial score (nSPS) is 10.1. The van der Waals surface area contributed by atoms with Gasteiger partial charge in [0.05, 0.1) is 11.9 Å². The monoisotopic (exact) mass is 217 g/mol. The molecule has 1 N–H and O–H groups in total. The molecule has 2 rings (SSSR count). The number of hydrogen-bond acceptors (Lipinski definition) is 3. The van der Waals surface area contributed by atoms with Crippen molar-refractivity contribution in [3.8, 4) is 11.3 Å². The topological polar surface area (TPSA) is 37.8 Å². The third-order valence-corrected chi connectivity index (χ3v) is 2.11. The number of anilines is 1. The van der Waals surface area contributed by atoms with Gasteiger partial charge in [-0.15, -0.1) is 0 Å². The van der Waals surface area contributed by atoms with Crippen LogP contribution >= 0.6 is 0 Å². The van der Waals surface area contributed by atoms with Crippen LogP contribution < -0.4 is 5.32 Å². The molecule has 0 aliphatic heterocycles. The van der Waals surface area contributed by atoms with E-state index in [0.717, 1.165) is 12.4 Å². The van der Waals surface area contributed by atoms with Crippen LogP contribution in [0.4, 0.5) is 10.2 Å². The lowest BCUT2D eigenvalue weighted by molar-refractivity contribution is 0.622. The number of rotatable bonds is 3. The zero-order valence-electron chi connectivity index (χ0n) is 8.94. The van der Waals surface area contributed by atoms with E-state index in [4.69, 9.17) is 0 Å². The summed E-state index contributed by atoms with van der Waals surface area (Å²) in [6.45, 7) is 2.80. The smallest absolute Gasteiger partial charge is 0.142 e. The van der Waals surface area contributed by atoms with Crippen LogP contribution in [0, 0.1) is 5.82 Å². The van der Waals surface area contributed by atoms with Crippen LogP contribution in [-0.4, -0.2) is 16.5 Å². The maximum Gasteiger partial charge on any atom is 0.142 e. The highest BCUT2D eigenvalue weighted by Gasteiger charge is 2.02. The first-order chi connectivity index (χ1) is 7.79. The van der Waals surface area contributed by atoms with E-state index in [2.05, 4.69) is 15.3 Å². The van der Waals surface area contributed by atoms with Gasteiger partial charge in [0.15, 0.2) is 0 Å². The maximum atomic E-state index is 13.0. The van der Waals surface area contributed by atoms with Crippen molar-refractivity contribution in [2.24, 2.45) is 0 Å². The molecule has 0 spiro atoms. The number of nitrogens with one attached hydrogen (secondary N) is 1. The van der Waals surface area contributed by atoms with Gasteiger partial charge in [0.1, 0.15) is 11.6 Å². The van der Waals surface area contributed by atoms with E-state index < -0.39 is 0 Å². The predicted octanol–water partition coefficient (Wildman–Crippen LogP) is 2.71. The van der Waals surface area contributed by atoms with Crippen LogP contribution in [0.15, 0.2) is 36.7 Å². The van der Waals surface area contributed by atoms with Crippen LogP contribution in [0.3, 0.4) is 0 Å². The van der Waals surface area contributed by atoms with Gasteiger partial charge in [-0.3, -0.25) is 4.98 Å². The summed E-state index contributed by atoms with van der Waals surface area (Å²) in [5, 5.41) is 3.11. The summed E-state index contributed by atoms with van der Waals surface area (Å²) >= 11 is 0. The first kappa shape index (κ1) is 10.5. The van der Waals surface area contributed by atoms with Crippen molar-refractivity contribution in [1.29, 1.82) is 0 Å². The molecular formula is C12H12FN3. The van der Waals surface area contributed by atoms with Crippen molar-refractivity contribution in [3.63, 3.8) is 0 Å². The molecule has 0 aliphatic rings. The molecule has 0 unspecified atom stereocenters. The van der Waals surface area contributed by atoms with Crippen LogP contribution in [-0.2, 0) is 0 Å². The molecule has 2 heterocycles. The van der Waals surface area contributed by atoms with Crippen molar-refractivity contribution in [2.45, 2.75) is 6.92 Å². The lowest BCUT2D eigenvalue weighted by Gasteiger charge is -2.05. The molecule has 3 nitrogen and oxygen atoms in total. The first-order valence-electron chi connectivity index (χ1n) is 5.11. The van der Waals surface area contributed by atoms with Gasteiger partial charge in [-0.1, -0.05) is 6.07 Å². The second-order valence-corrected chi connectivity index (χ2v) is 3.33. The Hall–Kier alpha value is -1.97. The van der Waals surface area contributed by atoms with Gasteiger partial charge in [0.2, 0.25) is 0 Å². The molecule has 4 heteroatoms. The Morgan fingerprint density at radius 2 is 2.19 bits per heavy atom. The van der Waals surface area contributed by atoms with Crippen molar-refractivity contribution in [2.75, 3.05) is 11.9 Å². The maximum absolute atomic E-state index is 13.0. The number of hydrogen-bond donors (Lipinski definition) is 1. The quantitative estimate of drug-likeness (QED) is 0.859. The third-order valence-electron chi connectivity index (χ3n) is 2.11. The molecule has 0 aromatic carbocycles. The van der Waals surface area contributed by atoms with Crippen molar-refractivity contribution in [1.82, 2.24) is 9.97 Å². The largest absolute Gasteiger partial charge is 0.370 e. The van der Waals surface area contributed by atoms with E-state index in [1.54, 1.807) is 6.20 Å². The molecule has 0 fully saturated rings. The first-order valence-corrected chi connectivity index (χ1v) is 5.11. The lowest BCUT2D eigenvalue weighted by Crippen LogP contribution is -1.99. The van der Waals surface area contributed by atoms with Gasteiger partial charge in [-0.25, -0.2) is 9.37 Å². The second-order valence-electron chi connectivity index (χ2n) is 3.33. The SMILES string of the molecule is CCNc1cccc(-c2cncc(F)c2)n1. The molecular weight excluding hydrogens is 205 g/mol. The zero-order chi connectivity index (χ0) is 11.4. The van der Waals surface area contributed by atoms with Crippen LogP contribution in [0.5, 0.6) is 0 Å². The van der Waals surface area contributed by atoms with Crippen molar-refractivity contribution < 1.29 is 4.39 Å². The minimum atomic E-state index is -0.354. The van der Waals surface area contributed by atoms with E-state index >= 15 is 0 Å². The van der Waals surface area contributed by atoms with Gasteiger partial charge < -0.3 is 5.32 Å². The summed E-state index contributed by atoms with van der Waals surface area (Å²) in [6, 6.07) is 7.01. The number of aromatic nitrogens is 2. The molecule has 82 valence electrons. The summed E-state index contributed by atoms with van der Waals surface area (Å²) < 4.78 is 13.0. The Balaban J connectivity index is 2.36. The minimum Gasteiger partial charge on any atom is -0.370 e. The molecule has 0 bridgehead atoms. The highest BCUT2D eigenvalue weighted by molar-refractivity contribution is 5.60. The molecule has 0 saturated heterocycles. The summed E-state index contributed by atoms with van der Waals surface area (Å²) in [5.74, 6) is 0.428. The van der Waals surface area contributed by atoms with Crippen molar-refractivity contribution >= 4 is 5.82 Å².